The number of hydrogen-bond acceptors (Lipinski definition) is 4. The average molecular weight is 384 g/mol. The maximum atomic E-state index is 12.7. The highest BCUT2D eigenvalue weighted by Gasteiger charge is 2.30. The minimum atomic E-state index is -1.15. The first-order valence-electron chi connectivity index (χ1n) is 8.89. The zero-order valence-electron chi connectivity index (χ0n) is 15.9. The van der Waals surface area contributed by atoms with E-state index in [1.54, 1.807) is 0 Å². The zero-order valence-corrected chi connectivity index (χ0v) is 15.9. The number of nitrogens with one attached hydrogen (secondary N) is 1. The van der Waals surface area contributed by atoms with Crippen LogP contribution in [0.3, 0.4) is 0 Å². The smallest absolute Gasteiger partial charge is 0.410 e. The van der Waals surface area contributed by atoms with Crippen molar-refractivity contribution in [3.63, 3.8) is 0 Å². The number of nitrogens with zero attached hydrogens (tertiary/aromatic N) is 1. The van der Waals surface area contributed by atoms with Crippen molar-refractivity contribution >= 4 is 18.0 Å². The monoisotopic (exact) mass is 384 g/mol. The lowest BCUT2D eigenvalue weighted by Crippen LogP contribution is -2.52. The van der Waals surface area contributed by atoms with Gasteiger partial charge in [-0.15, -0.1) is 0 Å². The number of carbonyl (C=O) groups excluding carboxylic acids is 2. The molecular weight excluding hydrogens is 360 g/mol. The summed E-state index contributed by atoms with van der Waals surface area (Å²) in [6, 6.07) is 16.4. The van der Waals surface area contributed by atoms with E-state index in [1.165, 1.54) is 18.9 Å². The molecule has 0 bridgehead atoms. The predicted molar refractivity (Wildman–Crippen MR) is 104 cm³/mol. The van der Waals surface area contributed by atoms with Gasteiger partial charge < -0.3 is 15.2 Å². The summed E-state index contributed by atoms with van der Waals surface area (Å²) in [7, 11) is 1.46. The Morgan fingerprint density at radius 3 is 2.07 bits per heavy atom. The summed E-state index contributed by atoms with van der Waals surface area (Å²) in [5.41, 5.74) is 1.67. The molecule has 0 aromatic heterocycles. The molecule has 2 amide bonds. The van der Waals surface area contributed by atoms with Crippen LogP contribution >= 0.6 is 0 Å². The number of aliphatic carboxylic acids is 1. The van der Waals surface area contributed by atoms with Crippen LogP contribution in [0.15, 0.2) is 60.7 Å². The number of benzene rings is 2. The van der Waals surface area contributed by atoms with Crippen molar-refractivity contribution in [2.75, 3.05) is 7.05 Å². The Morgan fingerprint density at radius 2 is 1.54 bits per heavy atom. The van der Waals surface area contributed by atoms with Gasteiger partial charge in [0.05, 0.1) is 0 Å². The Balaban J connectivity index is 2.10. The maximum Gasteiger partial charge on any atom is 0.410 e. The Morgan fingerprint density at radius 1 is 1.00 bits per heavy atom. The van der Waals surface area contributed by atoms with E-state index in [0.29, 0.717) is 0 Å². The molecule has 2 N–H and O–H groups in total. The van der Waals surface area contributed by atoms with E-state index in [-0.39, 0.29) is 13.0 Å². The van der Waals surface area contributed by atoms with Crippen LogP contribution in [0.25, 0.3) is 0 Å². The van der Waals surface area contributed by atoms with E-state index < -0.39 is 30.1 Å². The number of likely N-dealkylation sites (N-methyl/N-ethyl adjacent to an activating group) is 1. The first-order valence-corrected chi connectivity index (χ1v) is 8.89. The van der Waals surface area contributed by atoms with Crippen LogP contribution in [-0.2, 0) is 27.4 Å². The second kappa shape index (κ2) is 10.1. The second-order valence-electron chi connectivity index (χ2n) is 6.43. The number of carboxylic acids is 1. The number of ether oxygens (including phenoxy) is 1. The summed E-state index contributed by atoms with van der Waals surface area (Å²) in [5.74, 6) is -1.71. The van der Waals surface area contributed by atoms with Crippen molar-refractivity contribution in [2.24, 2.45) is 0 Å². The minimum Gasteiger partial charge on any atom is -0.480 e. The van der Waals surface area contributed by atoms with Crippen LogP contribution in [-0.4, -0.2) is 47.1 Å². The van der Waals surface area contributed by atoms with Gasteiger partial charge in [0.15, 0.2) is 0 Å². The van der Waals surface area contributed by atoms with E-state index in [1.807, 2.05) is 60.7 Å². The summed E-state index contributed by atoms with van der Waals surface area (Å²) < 4.78 is 5.30. The fourth-order valence-corrected chi connectivity index (χ4v) is 2.56. The van der Waals surface area contributed by atoms with Crippen LogP contribution in [0.5, 0.6) is 0 Å². The van der Waals surface area contributed by atoms with Crippen molar-refractivity contribution in [3.05, 3.63) is 71.8 Å². The van der Waals surface area contributed by atoms with Gasteiger partial charge in [0.1, 0.15) is 18.7 Å². The fraction of sp³-hybridized carbons (Fsp3) is 0.286. The average Bonchev–Trinajstić information content (AvgIpc) is 2.71. The number of carbonyl (C=O) groups is 3. The standard InChI is InChI=1S/C21H24N2O5/c1-15(20(25)26)22-19(24)18(13-16-9-5-3-6-10-16)23(2)21(27)28-14-17-11-7-4-8-12-17/h3-12,15,18H,13-14H2,1-2H3,(H,22,24)(H,25,26)/t15-,18-/m0/s1. The quantitative estimate of drug-likeness (QED) is 0.729. The molecule has 7 nitrogen and oxygen atoms in total. The Labute approximate surface area is 163 Å². The summed E-state index contributed by atoms with van der Waals surface area (Å²) in [6.45, 7) is 1.45. The molecule has 7 heteroatoms. The van der Waals surface area contributed by atoms with Gasteiger partial charge in [0, 0.05) is 13.5 Å². The van der Waals surface area contributed by atoms with Crippen LogP contribution in [0.2, 0.25) is 0 Å². The van der Waals surface area contributed by atoms with Crippen molar-refractivity contribution in [1.82, 2.24) is 10.2 Å². The van der Waals surface area contributed by atoms with Gasteiger partial charge in [0.2, 0.25) is 5.91 Å². The highest BCUT2D eigenvalue weighted by atomic mass is 16.6. The fourth-order valence-electron chi connectivity index (χ4n) is 2.56. The first kappa shape index (κ1) is 21.0. The van der Waals surface area contributed by atoms with Gasteiger partial charge in [-0.05, 0) is 18.1 Å². The van der Waals surface area contributed by atoms with Crippen LogP contribution < -0.4 is 5.32 Å². The van der Waals surface area contributed by atoms with Crippen molar-refractivity contribution < 1.29 is 24.2 Å². The molecule has 0 fully saturated rings. The lowest BCUT2D eigenvalue weighted by atomic mass is 10.0. The zero-order chi connectivity index (χ0) is 20.5. The van der Waals surface area contributed by atoms with E-state index in [0.717, 1.165) is 11.1 Å². The third-order valence-corrected chi connectivity index (χ3v) is 4.26. The molecule has 0 aliphatic carbocycles. The number of hydrogen-bond donors (Lipinski definition) is 2. The molecule has 0 unspecified atom stereocenters. The van der Waals surface area contributed by atoms with Crippen molar-refractivity contribution in [3.8, 4) is 0 Å². The second-order valence-corrected chi connectivity index (χ2v) is 6.43. The van der Waals surface area contributed by atoms with Gasteiger partial charge in [0.25, 0.3) is 0 Å². The van der Waals surface area contributed by atoms with Crippen LogP contribution in [0.1, 0.15) is 18.1 Å². The lowest BCUT2D eigenvalue weighted by Gasteiger charge is -2.27. The molecule has 2 rings (SSSR count). The normalized spacial score (nSPS) is 12.5. The van der Waals surface area contributed by atoms with Crippen LogP contribution in [0, 0.1) is 0 Å². The molecule has 0 radical (unpaired) electrons. The molecule has 0 saturated carbocycles. The first-order chi connectivity index (χ1) is 13.4. The summed E-state index contributed by atoms with van der Waals surface area (Å²) in [6.07, 6.45) is -0.432. The highest BCUT2D eigenvalue weighted by molar-refractivity contribution is 5.89. The third kappa shape index (κ3) is 6.12. The SMILES string of the molecule is C[C@H](NC(=O)[C@H](Cc1ccccc1)N(C)C(=O)OCc1ccccc1)C(=O)O. The third-order valence-electron chi connectivity index (χ3n) is 4.26. The Hall–Kier alpha value is -3.35. The van der Waals surface area contributed by atoms with E-state index >= 15 is 0 Å². The largest absolute Gasteiger partial charge is 0.480 e. The molecule has 0 aliphatic heterocycles. The molecule has 148 valence electrons. The predicted octanol–water partition coefficient (Wildman–Crippen LogP) is 2.46. The number of amides is 2. The summed E-state index contributed by atoms with van der Waals surface area (Å²) in [4.78, 5) is 37.4. The summed E-state index contributed by atoms with van der Waals surface area (Å²) >= 11 is 0. The Kier molecular flexibility index (Phi) is 7.56. The van der Waals surface area contributed by atoms with E-state index in [9.17, 15) is 14.4 Å². The Bertz CT molecular complexity index is 795. The van der Waals surface area contributed by atoms with Gasteiger partial charge in [-0.3, -0.25) is 14.5 Å². The molecule has 0 heterocycles. The molecule has 2 aromatic carbocycles. The molecule has 28 heavy (non-hydrogen) atoms. The number of carboxylic acid groups (broad SMARTS) is 1. The highest BCUT2D eigenvalue weighted by Crippen LogP contribution is 2.11. The molecule has 2 aromatic rings. The topological polar surface area (TPSA) is 95.9 Å². The molecule has 2 atom stereocenters. The molecule has 0 saturated heterocycles. The minimum absolute atomic E-state index is 0.0786. The lowest BCUT2D eigenvalue weighted by molar-refractivity contribution is -0.142. The van der Waals surface area contributed by atoms with Crippen molar-refractivity contribution in [1.29, 1.82) is 0 Å². The molecule has 0 aliphatic rings. The van der Waals surface area contributed by atoms with E-state index in [4.69, 9.17) is 9.84 Å². The molecular formula is C21H24N2O5. The molecule has 0 spiro atoms. The van der Waals surface area contributed by atoms with Gasteiger partial charge >= 0.3 is 12.1 Å². The van der Waals surface area contributed by atoms with Gasteiger partial charge in [-0.1, -0.05) is 60.7 Å². The summed E-state index contributed by atoms with van der Waals surface area (Å²) in [5, 5.41) is 11.5. The van der Waals surface area contributed by atoms with Crippen LogP contribution in [0.4, 0.5) is 4.79 Å². The van der Waals surface area contributed by atoms with E-state index in [2.05, 4.69) is 5.32 Å². The van der Waals surface area contributed by atoms with Gasteiger partial charge in [-0.25, -0.2) is 4.79 Å². The van der Waals surface area contributed by atoms with Crippen molar-refractivity contribution in [2.45, 2.75) is 32.0 Å². The maximum absolute atomic E-state index is 12.7. The van der Waals surface area contributed by atoms with Gasteiger partial charge in [-0.2, -0.15) is 0 Å². The number of rotatable bonds is 8.